The van der Waals surface area contributed by atoms with Gasteiger partial charge in [-0.2, -0.15) is 13.6 Å². The second kappa shape index (κ2) is 5.73. The van der Waals surface area contributed by atoms with Gasteiger partial charge >= 0.3 is 10.3 Å². The van der Waals surface area contributed by atoms with Crippen molar-refractivity contribution in [1.82, 2.24) is 4.98 Å². The van der Waals surface area contributed by atoms with Crippen LogP contribution in [0.3, 0.4) is 0 Å². The maximum atomic E-state index is 12.3. The van der Waals surface area contributed by atoms with Crippen molar-refractivity contribution in [2.75, 3.05) is 0 Å². The van der Waals surface area contributed by atoms with Crippen LogP contribution in [-0.4, -0.2) is 13.4 Å². The molecule has 0 fully saturated rings. The number of aryl methyl sites for hydroxylation is 1. The highest BCUT2D eigenvalue weighted by molar-refractivity contribution is 7.84. The number of hydrogen-bond donors (Lipinski definition) is 2. The molecule has 1 aliphatic rings. The molecule has 0 atom stereocenters. The van der Waals surface area contributed by atoms with Crippen LogP contribution in [0.2, 0.25) is 0 Å². The summed E-state index contributed by atoms with van der Waals surface area (Å²) in [4.78, 5) is 15.1. The van der Waals surface area contributed by atoms with E-state index in [0.717, 1.165) is 48.6 Å². The van der Waals surface area contributed by atoms with Gasteiger partial charge in [0.05, 0.1) is 5.52 Å². The van der Waals surface area contributed by atoms with Crippen LogP contribution in [0, 0.1) is 0 Å². The van der Waals surface area contributed by atoms with E-state index >= 15 is 0 Å². The van der Waals surface area contributed by atoms with E-state index in [1.54, 1.807) is 12.1 Å². The highest BCUT2D eigenvalue weighted by atomic mass is 32.2. The first kappa shape index (κ1) is 15.1. The molecule has 1 aromatic carbocycles. The summed E-state index contributed by atoms with van der Waals surface area (Å²) in [6.45, 7) is 0. The molecule has 0 saturated heterocycles. The predicted octanol–water partition coefficient (Wildman–Crippen LogP) is 1.77. The number of benzene rings is 1. The normalized spacial score (nSPS) is 15.9. The van der Waals surface area contributed by atoms with Crippen LogP contribution >= 0.6 is 0 Å². The topological polar surface area (TPSA) is 102 Å². The summed E-state index contributed by atoms with van der Waals surface area (Å²) in [6, 6.07) is 4.84. The Morgan fingerprint density at radius 2 is 1.73 bits per heavy atom. The summed E-state index contributed by atoms with van der Waals surface area (Å²) >= 11 is 0. The monoisotopic (exact) mass is 322 g/mol. The first-order valence-electron chi connectivity index (χ1n) is 7.34. The van der Waals surface area contributed by atoms with Crippen molar-refractivity contribution in [3.63, 3.8) is 0 Å². The second-order valence-corrected chi connectivity index (χ2v) is 6.76. The van der Waals surface area contributed by atoms with Gasteiger partial charge in [0, 0.05) is 17.0 Å². The molecule has 0 saturated carbocycles. The number of rotatable bonds is 2. The molecule has 0 unspecified atom stereocenters. The van der Waals surface area contributed by atoms with Gasteiger partial charge in [0.25, 0.3) is 5.56 Å². The van der Waals surface area contributed by atoms with E-state index in [2.05, 4.69) is 9.17 Å². The Balaban J connectivity index is 2.15. The third-order valence-electron chi connectivity index (χ3n) is 4.02. The molecule has 6 nitrogen and oxygen atoms in total. The first-order valence-corrected chi connectivity index (χ1v) is 8.81. The summed E-state index contributed by atoms with van der Waals surface area (Å²) in [6.07, 6.45) is 6.05. The molecule has 1 heterocycles. The Bertz CT molecular complexity index is 871. The van der Waals surface area contributed by atoms with Gasteiger partial charge in [0.2, 0.25) is 0 Å². The molecule has 7 heteroatoms. The van der Waals surface area contributed by atoms with Crippen LogP contribution in [0.5, 0.6) is 5.75 Å². The van der Waals surface area contributed by atoms with E-state index in [9.17, 15) is 13.2 Å². The number of aromatic amines is 1. The summed E-state index contributed by atoms with van der Waals surface area (Å²) in [7, 11) is -4.08. The lowest BCUT2D eigenvalue weighted by Gasteiger charge is -2.15. The number of nitrogens with two attached hydrogens (primary N) is 1. The van der Waals surface area contributed by atoms with Gasteiger partial charge in [-0.1, -0.05) is 12.8 Å². The molecule has 0 radical (unpaired) electrons. The average molecular weight is 322 g/mol. The van der Waals surface area contributed by atoms with Crippen molar-refractivity contribution >= 4 is 21.2 Å². The number of nitrogens with one attached hydrogen (secondary N) is 1. The Kier molecular flexibility index (Phi) is 3.92. The molecule has 0 bridgehead atoms. The van der Waals surface area contributed by atoms with Gasteiger partial charge in [-0.25, -0.2) is 0 Å². The van der Waals surface area contributed by atoms with E-state index in [1.165, 1.54) is 12.5 Å². The third kappa shape index (κ3) is 3.15. The van der Waals surface area contributed by atoms with Crippen LogP contribution in [0.4, 0.5) is 0 Å². The van der Waals surface area contributed by atoms with Gasteiger partial charge < -0.3 is 9.17 Å². The third-order valence-corrected chi connectivity index (χ3v) is 4.44. The van der Waals surface area contributed by atoms with Crippen molar-refractivity contribution < 1.29 is 12.6 Å². The molecular weight excluding hydrogens is 304 g/mol. The molecule has 118 valence electrons. The number of H-pyrrole nitrogens is 1. The zero-order chi connectivity index (χ0) is 15.7. The standard InChI is InChI=1S/C15H18N2O4S/c16-22(19,20)21-10-7-8-12-11-5-3-1-2-4-6-13(11)15(18)17-14(12)9-10/h7-9H,1-6H2,(H,17,18)(H2,16,19,20). The predicted molar refractivity (Wildman–Crippen MR) is 84.2 cm³/mol. The number of aromatic nitrogens is 1. The fraction of sp³-hybridized carbons (Fsp3) is 0.400. The van der Waals surface area contributed by atoms with Crippen molar-refractivity contribution in [1.29, 1.82) is 0 Å². The van der Waals surface area contributed by atoms with E-state index in [1.807, 2.05) is 0 Å². The highest BCUT2D eigenvalue weighted by Gasteiger charge is 2.15. The molecule has 0 amide bonds. The highest BCUT2D eigenvalue weighted by Crippen LogP contribution is 2.27. The average Bonchev–Trinajstić information content (AvgIpc) is 2.37. The Morgan fingerprint density at radius 1 is 1.05 bits per heavy atom. The molecule has 3 rings (SSSR count). The maximum Gasteiger partial charge on any atom is 0.380 e. The van der Waals surface area contributed by atoms with Crippen molar-refractivity contribution in [2.45, 2.75) is 38.5 Å². The van der Waals surface area contributed by atoms with Gasteiger partial charge in [-0.3, -0.25) is 4.79 Å². The van der Waals surface area contributed by atoms with E-state index < -0.39 is 10.3 Å². The molecule has 0 spiro atoms. The molecule has 1 aromatic heterocycles. The fourth-order valence-corrected chi connectivity index (χ4v) is 3.45. The number of hydrogen-bond acceptors (Lipinski definition) is 4. The molecule has 0 aliphatic heterocycles. The quantitative estimate of drug-likeness (QED) is 0.879. The van der Waals surface area contributed by atoms with Crippen molar-refractivity contribution in [3.8, 4) is 5.75 Å². The van der Waals surface area contributed by atoms with Crippen LogP contribution in [0.25, 0.3) is 10.9 Å². The summed E-state index contributed by atoms with van der Waals surface area (Å²) in [5.41, 5.74) is 2.40. The lowest BCUT2D eigenvalue weighted by Crippen LogP contribution is -2.19. The molecule has 22 heavy (non-hydrogen) atoms. The zero-order valence-electron chi connectivity index (χ0n) is 12.1. The fourth-order valence-electron chi connectivity index (χ4n) is 3.08. The molecule has 1 aliphatic carbocycles. The Hall–Kier alpha value is -1.86. The maximum absolute atomic E-state index is 12.3. The van der Waals surface area contributed by atoms with Crippen LogP contribution in [0.15, 0.2) is 23.0 Å². The van der Waals surface area contributed by atoms with Crippen LogP contribution < -0.4 is 14.9 Å². The van der Waals surface area contributed by atoms with E-state index in [4.69, 9.17) is 5.14 Å². The summed E-state index contributed by atoms with van der Waals surface area (Å²) in [5, 5.41) is 5.81. The van der Waals surface area contributed by atoms with Gasteiger partial charge in [0.15, 0.2) is 0 Å². The van der Waals surface area contributed by atoms with Gasteiger partial charge in [0.1, 0.15) is 5.75 Å². The minimum absolute atomic E-state index is 0.0939. The van der Waals surface area contributed by atoms with E-state index in [-0.39, 0.29) is 11.3 Å². The SMILES string of the molecule is NS(=O)(=O)Oc1ccc2c3c(c(=O)[nH]c2c1)CCCCCC3. The number of pyridine rings is 1. The lowest BCUT2D eigenvalue weighted by molar-refractivity contribution is 0.488. The first-order chi connectivity index (χ1) is 10.4. The minimum Gasteiger partial charge on any atom is -0.371 e. The zero-order valence-corrected chi connectivity index (χ0v) is 12.9. The smallest absolute Gasteiger partial charge is 0.371 e. The Labute approximate surface area is 128 Å². The molecule has 3 N–H and O–H groups in total. The summed E-state index contributed by atoms with van der Waals surface area (Å²) in [5.74, 6) is 0.0939. The van der Waals surface area contributed by atoms with Gasteiger partial charge in [-0.05, 0) is 43.4 Å². The second-order valence-electron chi connectivity index (χ2n) is 5.61. The van der Waals surface area contributed by atoms with Crippen LogP contribution in [-0.2, 0) is 23.1 Å². The van der Waals surface area contributed by atoms with Crippen LogP contribution in [0.1, 0.15) is 36.8 Å². The largest absolute Gasteiger partial charge is 0.380 e. The van der Waals surface area contributed by atoms with Gasteiger partial charge in [-0.15, -0.1) is 0 Å². The summed E-state index contributed by atoms with van der Waals surface area (Å²) < 4.78 is 26.7. The van der Waals surface area contributed by atoms with Crippen molar-refractivity contribution in [2.24, 2.45) is 5.14 Å². The molecule has 2 aromatic rings. The van der Waals surface area contributed by atoms with E-state index in [0.29, 0.717) is 5.52 Å². The lowest BCUT2D eigenvalue weighted by atomic mass is 9.91. The minimum atomic E-state index is -4.08. The Morgan fingerprint density at radius 3 is 2.41 bits per heavy atom. The number of fused-ring (bicyclic) bond motifs is 3. The van der Waals surface area contributed by atoms with Crippen molar-refractivity contribution in [3.05, 3.63) is 39.7 Å². The molecular formula is C15H18N2O4S.